The van der Waals surface area contributed by atoms with Gasteiger partial charge in [-0.15, -0.1) is 10.2 Å². The molecule has 0 aliphatic rings. The van der Waals surface area contributed by atoms with Gasteiger partial charge in [-0.05, 0) is 42.3 Å². The molecule has 0 fully saturated rings. The number of methoxy groups -OCH3 is 2. The molecule has 0 unspecified atom stereocenters. The third-order valence-electron chi connectivity index (χ3n) is 5.38. The number of carbonyl (C=O) groups is 1. The van der Waals surface area contributed by atoms with Crippen LogP contribution in [0.25, 0.3) is 5.69 Å². The van der Waals surface area contributed by atoms with E-state index in [2.05, 4.69) is 27.6 Å². The van der Waals surface area contributed by atoms with Crippen molar-refractivity contribution in [2.24, 2.45) is 0 Å². The summed E-state index contributed by atoms with van der Waals surface area (Å²) in [5.41, 5.74) is 3.46. The normalized spacial score (nSPS) is 10.7. The van der Waals surface area contributed by atoms with Crippen LogP contribution in [0, 0.1) is 6.92 Å². The van der Waals surface area contributed by atoms with E-state index in [1.807, 2.05) is 47.9 Å². The van der Waals surface area contributed by atoms with Gasteiger partial charge in [0.2, 0.25) is 0 Å². The fraction of sp³-hybridized carbons (Fsp3) is 0.192. The number of aryl methyl sites for hydroxylation is 1. The summed E-state index contributed by atoms with van der Waals surface area (Å²) in [5, 5.41) is 13.1. The first-order valence-electron chi connectivity index (χ1n) is 10.9. The lowest BCUT2D eigenvalue weighted by Crippen LogP contribution is -2.25. The van der Waals surface area contributed by atoms with Crippen LogP contribution in [0.2, 0.25) is 5.02 Å². The largest absolute Gasteiger partial charge is 0.497 e. The number of ether oxygens (including phenoxy) is 2. The number of thioether (sulfide) groups is 1. The van der Waals surface area contributed by atoms with Gasteiger partial charge in [0.25, 0.3) is 5.91 Å². The van der Waals surface area contributed by atoms with E-state index in [4.69, 9.17) is 21.1 Å². The van der Waals surface area contributed by atoms with E-state index < -0.39 is 0 Å². The zero-order valence-corrected chi connectivity index (χ0v) is 21.2. The van der Waals surface area contributed by atoms with Crippen LogP contribution in [0.5, 0.6) is 11.5 Å². The molecule has 0 aliphatic heterocycles. The molecule has 0 radical (unpaired) electrons. The minimum atomic E-state index is -0.291. The Kier molecular flexibility index (Phi) is 7.94. The van der Waals surface area contributed by atoms with Gasteiger partial charge in [-0.2, -0.15) is 0 Å². The molecule has 0 saturated heterocycles. The van der Waals surface area contributed by atoms with Crippen molar-refractivity contribution in [2.75, 3.05) is 14.2 Å². The van der Waals surface area contributed by atoms with Crippen molar-refractivity contribution in [3.8, 4) is 17.2 Å². The van der Waals surface area contributed by atoms with Gasteiger partial charge < -0.3 is 14.8 Å². The fourth-order valence-electron chi connectivity index (χ4n) is 3.54. The molecule has 1 amide bonds. The predicted molar refractivity (Wildman–Crippen MR) is 138 cm³/mol. The monoisotopic (exact) mass is 508 g/mol. The van der Waals surface area contributed by atoms with E-state index in [-0.39, 0.29) is 12.5 Å². The predicted octanol–water partition coefficient (Wildman–Crippen LogP) is 5.47. The molecule has 4 aromatic rings. The molecule has 0 aliphatic carbocycles. The summed E-state index contributed by atoms with van der Waals surface area (Å²) >= 11 is 7.89. The average Bonchev–Trinajstić information content (AvgIpc) is 3.30. The molecule has 1 aromatic heterocycles. The number of hydrogen-bond donors (Lipinski definition) is 1. The highest BCUT2D eigenvalue weighted by Crippen LogP contribution is 2.29. The smallest absolute Gasteiger partial charge is 0.255 e. The quantitative estimate of drug-likeness (QED) is 0.302. The molecule has 7 nitrogen and oxygen atoms in total. The molecule has 3 aromatic carbocycles. The number of amides is 1. The first kappa shape index (κ1) is 24.6. The van der Waals surface area contributed by atoms with E-state index in [0.29, 0.717) is 33.1 Å². The lowest BCUT2D eigenvalue weighted by Gasteiger charge is -2.14. The number of hydrogen-bond acceptors (Lipinski definition) is 6. The number of benzene rings is 3. The molecule has 35 heavy (non-hydrogen) atoms. The van der Waals surface area contributed by atoms with Crippen molar-refractivity contribution < 1.29 is 14.3 Å². The van der Waals surface area contributed by atoms with Crippen molar-refractivity contribution in [3.63, 3.8) is 0 Å². The van der Waals surface area contributed by atoms with Gasteiger partial charge in [0.05, 0.1) is 32.0 Å². The van der Waals surface area contributed by atoms with E-state index in [1.54, 1.807) is 37.1 Å². The molecule has 9 heteroatoms. The van der Waals surface area contributed by atoms with Gasteiger partial charge >= 0.3 is 0 Å². The van der Waals surface area contributed by atoms with Crippen LogP contribution in [-0.2, 0) is 12.3 Å². The Morgan fingerprint density at radius 1 is 1.03 bits per heavy atom. The van der Waals surface area contributed by atoms with E-state index >= 15 is 0 Å². The van der Waals surface area contributed by atoms with Crippen molar-refractivity contribution in [3.05, 3.63) is 94.3 Å². The van der Waals surface area contributed by atoms with Crippen LogP contribution in [0.4, 0.5) is 0 Å². The maximum Gasteiger partial charge on any atom is 0.255 e. The minimum Gasteiger partial charge on any atom is -0.497 e. The zero-order valence-electron chi connectivity index (χ0n) is 19.6. The topological polar surface area (TPSA) is 78.3 Å². The van der Waals surface area contributed by atoms with Gasteiger partial charge in [-0.1, -0.05) is 59.8 Å². The summed E-state index contributed by atoms with van der Waals surface area (Å²) in [6.45, 7) is 2.17. The Morgan fingerprint density at radius 2 is 1.83 bits per heavy atom. The summed E-state index contributed by atoms with van der Waals surface area (Å²) in [5.74, 6) is 2.06. The molecular formula is C26H25ClN4O3S. The first-order chi connectivity index (χ1) is 17.0. The highest BCUT2D eigenvalue weighted by Gasteiger charge is 2.19. The zero-order chi connectivity index (χ0) is 24.8. The van der Waals surface area contributed by atoms with Crippen LogP contribution in [-0.4, -0.2) is 34.9 Å². The third-order valence-corrected chi connectivity index (χ3v) is 6.62. The summed E-state index contributed by atoms with van der Waals surface area (Å²) in [6, 6.07) is 20.9. The second kappa shape index (κ2) is 11.3. The van der Waals surface area contributed by atoms with Gasteiger partial charge in [0, 0.05) is 16.8 Å². The summed E-state index contributed by atoms with van der Waals surface area (Å²) in [7, 11) is 3.08. The van der Waals surface area contributed by atoms with Crippen LogP contribution >= 0.6 is 23.4 Å². The van der Waals surface area contributed by atoms with Gasteiger partial charge in [0.1, 0.15) is 11.5 Å². The maximum atomic E-state index is 13.0. The molecule has 180 valence electrons. The standard InChI is InChI=1S/C26H25ClN4O3S/c1-17-9-10-19(27)13-22(17)31-24(29-30-26(31)35-16-18-7-5-4-6-8-18)15-28-25(32)21-12-11-20(33-2)14-23(21)34-3/h4-14H,15-16H2,1-3H3,(H,28,32). The second-order valence-electron chi connectivity index (χ2n) is 7.69. The minimum absolute atomic E-state index is 0.166. The maximum absolute atomic E-state index is 13.0. The Balaban J connectivity index is 1.61. The Bertz CT molecular complexity index is 1330. The van der Waals surface area contributed by atoms with Gasteiger partial charge in [-0.3, -0.25) is 9.36 Å². The molecule has 0 bridgehead atoms. The fourth-order valence-corrected chi connectivity index (χ4v) is 4.62. The molecular weight excluding hydrogens is 484 g/mol. The van der Waals surface area contributed by atoms with E-state index in [1.165, 1.54) is 12.7 Å². The number of aromatic nitrogens is 3. The van der Waals surface area contributed by atoms with E-state index in [0.717, 1.165) is 17.0 Å². The molecule has 0 saturated carbocycles. The molecule has 0 atom stereocenters. The molecule has 4 rings (SSSR count). The lowest BCUT2D eigenvalue weighted by molar-refractivity contribution is 0.0946. The number of carbonyl (C=O) groups excluding carboxylic acids is 1. The lowest BCUT2D eigenvalue weighted by atomic mass is 10.1. The first-order valence-corrected chi connectivity index (χ1v) is 12.2. The Labute approximate surface area is 213 Å². The van der Waals surface area contributed by atoms with Gasteiger partial charge in [0.15, 0.2) is 11.0 Å². The van der Waals surface area contributed by atoms with Crippen LogP contribution in [0.15, 0.2) is 71.9 Å². The number of nitrogens with one attached hydrogen (secondary N) is 1. The Morgan fingerprint density at radius 3 is 2.57 bits per heavy atom. The van der Waals surface area contributed by atoms with Crippen LogP contribution < -0.4 is 14.8 Å². The van der Waals surface area contributed by atoms with Crippen molar-refractivity contribution in [1.82, 2.24) is 20.1 Å². The second-order valence-corrected chi connectivity index (χ2v) is 9.07. The summed E-state index contributed by atoms with van der Waals surface area (Å²) in [4.78, 5) is 13.0. The van der Waals surface area contributed by atoms with E-state index in [9.17, 15) is 4.79 Å². The Hall–Kier alpha value is -3.49. The molecule has 1 N–H and O–H groups in total. The highest BCUT2D eigenvalue weighted by atomic mass is 35.5. The highest BCUT2D eigenvalue weighted by molar-refractivity contribution is 7.98. The average molecular weight is 509 g/mol. The van der Waals surface area contributed by atoms with Crippen molar-refractivity contribution >= 4 is 29.3 Å². The summed E-state index contributed by atoms with van der Waals surface area (Å²) in [6.07, 6.45) is 0. The van der Waals surface area contributed by atoms with Crippen molar-refractivity contribution in [1.29, 1.82) is 0 Å². The van der Waals surface area contributed by atoms with Crippen LogP contribution in [0.1, 0.15) is 27.3 Å². The molecule has 1 heterocycles. The molecule has 0 spiro atoms. The SMILES string of the molecule is COc1ccc(C(=O)NCc2nnc(SCc3ccccc3)n2-c2cc(Cl)ccc2C)c(OC)c1. The summed E-state index contributed by atoms with van der Waals surface area (Å²) < 4.78 is 12.5. The van der Waals surface area contributed by atoms with Crippen LogP contribution in [0.3, 0.4) is 0 Å². The number of halogens is 1. The number of rotatable bonds is 9. The third kappa shape index (κ3) is 5.78. The van der Waals surface area contributed by atoms with Crippen molar-refractivity contribution in [2.45, 2.75) is 24.4 Å². The van der Waals surface area contributed by atoms with Gasteiger partial charge in [-0.25, -0.2) is 0 Å². The number of nitrogens with zero attached hydrogens (tertiary/aromatic N) is 3.